The number of para-hydroxylation sites is 3. The summed E-state index contributed by atoms with van der Waals surface area (Å²) in [5, 5.41) is 0. The van der Waals surface area contributed by atoms with Crippen molar-refractivity contribution in [3.8, 4) is 22.3 Å². The van der Waals surface area contributed by atoms with Crippen molar-refractivity contribution in [2.24, 2.45) is 0 Å². The standard InChI is InChI=1S/C60H56N2/c1-3-4-16-56-42(2)20-26-47-13-5-10-19-59(47)62(56)51-35-37-53-52-36-25-44(40-54(52)60(55(53)41-51)38-11-12-39-60)22-21-43-23-27-45(28-24-43)46-31-33-50(34-32-46)61-57-17-8-6-14-48(57)29-30-49-15-7-9-18-58(49)61/h5-10,13-15,17-19,21-25,27-28,31-37,40-41H,3-4,11-12,16,20,26,29-30,38-39H2,1-2H3/b22-21+. The zero-order valence-electron chi connectivity index (χ0n) is 36.3. The number of hydrogen-bond acceptors (Lipinski definition) is 2. The van der Waals surface area contributed by atoms with E-state index < -0.39 is 0 Å². The molecule has 306 valence electrons. The van der Waals surface area contributed by atoms with Gasteiger partial charge in [-0.15, -0.1) is 0 Å². The lowest BCUT2D eigenvalue weighted by Crippen LogP contribution is -2.22. The van der Waals surface area contributed by atoms with Crippen molar-refractivity contribution in [2.45, 2.75) is 89.9 Å². The van der Waals surface area contributed by atoms with E-state index in [0.29, 0.717) is 0 Å². The van der Waals surface area contributed by atoms with E-state index in [1.165, 1.54) is 134 Å². The SMILES string of the molecule is CCCCC1=C(C)CCc2ccccc2N1c1ccc2c(c1)C1(CCCC1)c1cc(/C=C/c3ccc(-c4ccc(N5c6ccccc6CCc6ccccc65)cc4)cc3)ccc1-2. The topological polar surface area (TPSA) is 6.48 Å². The van der Waals surface area contributed by atoms with Gasteiger partial charge in [0.1, 0.15) is 0 Å². The highest BCUT2D eigenvalue weighted by Crippen LogP contribution is 2.58. The molecule has 1 spiro atoms. The van der Waals surface area contributed by atoms with E-state index in [0.717, 1.165) is 32.1 Å². The number of benzene rings is 7. The van der Waals surface area contributed by atoms with Gasteiger partial charge in [-0.3, -0.25) is 0 Å². The average molecular weight is 805 g/mol. The normalized spacial score (nSPS) is 16.2. The van der Waals surface area contributed by atoms with Gasteiger partial charge in [-0.05, 0) is 162 Å². The number of hydrogen-bond donors (Lipinski definition) is 0. The van der Waals surface area contributed by atoms with Gasteiger partial charge >= 0.3 is 0 Å². The van der Waals surface area contributed by atoms with Crippen LogP contribution in [0, 0.1) is 0 Å². The number of nitrogens with zero attached hydrogens (tertiary/aromatic N) is 2. The third kappa shape index (κ3) is 6.72. The molecule has 0 amide bonds. The molecule has 62 heavy (non-hydrogen) atoms. The first-order valence-electron chi connectivity index (χ1n) is 23.3. The Hall–Kier alpha value is -6.38. The molecule has 0 aromatic heterocycles. The Morgan fingerprint density at radius 2 is 1.00 bits per heavy atom. The molecule has 2 nitrogen and oxygen atoms in total. The highest BCUT2D eigenvalue weighted by molar-refractivity contribution is 5.87. The second kappa shape index (κ2) is 16.1. The Bertz CT molecular complexity index is 2800. The number of fused-ring (bicyclic) bond motifs is 8. The Kier molecular flexibility index (Phi) is 10.0. The van der Waals surface area contributed by atoms with E-state index in [1.54, 1.807) is 5.56 Å². The molecule has 0 bridgehead atoms. The van der Waals surface area contributed by atoms with Crippen LogP contribution in [0.3, 0.4) is 0 Å². The van der Waals surface area contributed by atoms with Crippen molar-refractivity contribution in [2.75, 3.05) is 9.80 Å². The largest absolute Gasteiger partial charge is 0.314 e. The molecule has 7 aromatic carbocycles. The molecule has 1 saturated carbocycles. The summed E-state index contributed by atoms with van der Waals surface area (Å²) >= 11 is 0. The molecular formula is C60H56N2. The predicted molar refractivity (Wildman–Crippen MR) is 263 cm³/mol. The summed E-state index contributed by atoms with van der Waals surface area (Å²) in [6.45, 7) is 4.69. The summed E-state index contributed by atoms with van der Waals surface area (Å²) in [5.74, 6) is 0. The third-order valence-corrected chi connectivity index (χ3v) is 14.6. The van der Waals surface area contributed by atoms with Crippen LogP contribution in [0.25, 0.3) is 34.4 Å². The predicted octanol–water partition coefficient (Wildman–Crippen LogP) is 16.5. The maximum atomic E-state index is 2.64. The van der Waals surface area contributed by atoms with Crippen molar-refractivity contribution in [1.29, 1.82) is 0 Å². The van der Waals surface area contributed by atoms with Crippen LogP contribution < -0.4 is 9.80 Å². The van der Waals surface area contributed by atoms with Gasteiger partial charge in [-0.25, -0.2) is 0 Å². The van der Waals surface area contributed by atoms with Crippen LogP contribution in [0.2, 0.25) is 0 Å². The van der Waals surface area contributed by atoms with Gasteiger partial charge in [0.2, 0.25) is 0 Å². The van der Waals surface area contributed by atoms with Crippen molar-refractivity contribution in [1.82, 2.24) is 0 Å². The van der Waals surface area contributed by atoms with Gasteiger partial charge in [0.15, 0.2) is 0 Å². The molecule has 7 aromatic rings. The average Bonchev–Trinajstić information content (AvgIpc) is 3.83. The van der Waals surface area contributed by atoms with Crippen LogP contribution >= 0.6 is 0 Å². The van der Waals surface area contributed by atoms with Crippen LogP contribution in [-0.4, -0.2) is 0 Å². The molecule has 0 N–H and O–H groups in total. The van der Waals surface area contributed by atoms with E-state index in [1.807, 2.05) is 0 Å². The van der Waals surface area contributed by atoms with Crippen LogP contribution in [-0.2, 0) is 24.7 Å². The highest BCUT2D eigenvalue weighted by atomic mass is 15.2. The molecule has 0 atom stereocenters. The second-order valence-corrected chi connectivity index (χ2v) is 18.2. The molecule has 1 fully saturated rings. The second-order valence-electron chi connectivity index (χ2n) is 18.2. The van der Waals surface area contributed by atoms with Crippen molar-refractivity contribution in [3.63, 3.8) is 0 Å². The quantitative estimate of drug-likeness (QED) is 0.141. The molecule has 2 heteroatoms. The van der Waals surface area contributed by atoms with Crippen LogP contribution in [0.5, 0.6) is 0 Å². The molecule has 0 saturated heterocycles. The van der Waals surface area contributed by atoms with Crippen LogP contribution in [0.1, 0.15) is 104 Å². The highest BCUT2D eigenvalue weighted by Gasteiger charge is 2.45. The van der Waals surface area contributed by atoms with Gasteiger partial charge in [-0.1, -0.05) is 159 Å². The molecule has 11 rings (SSSR count). The summed E-state index contributed by atoms with van der Waals surface area (Å²) in [7, 11) is 0. The van der Waals surface area contributed by atoms with Crippen LogP contribution in [0.4, 0.5) is 28.4 Å². The van der Waals surface area contributed by atoms with E-state index in [2.05, 4.69) is 194 Å². The smallest absolute Gasteiger partial charge is 0.0493 e. The summed E-state index contributed by atoms with van der Waals surface area (Å²) < 4.78 is 0. The van der Waals surface area contributed by atoms with Gasteiger partial charge in [0, 0.05) is 39.5 Å². The number of unbranched alkanes of at least 4 members (excludes halogenated alkanes) is 1. The third-order valence-electron chi connectivity index (χ3n) is 14.6. The Morgan fingerprint density at radius 1 is 0.500 bits per heavy atom. The fourth-order valence-corrected chi connectivity index (χ4v) is 11.3. The van der Waals surface area contributed by atoms with E-state index >= 15 is 0 Å². The maximum Gasteiger partial charge on any atom is 0.0493 e. The Labute approximate surface area is 368 Å². The fraction of sp³-hybridized carbons (Fsp3) is 0.233. The molecular weight excluding hydrogens is 749 g/mol. The summed E-state index contributed by atoms with van der Waals surface area (Å²) in [6, 6.07) is 59.8. The molecule has 2 heterocycles. The van der Waals surface area contributed by atoms with Crippen LogP contribution in [0.15, 0.2) is 169 Å². The number of allylic oxidation sites excluding steroid dienone is 2. The van der Waals surface area contributed by atoms with Gasteiger partial charge < -0.3 is 9.80 Å². The Balaban J connectivity index is 0.859. The molecule has 0 radical (unpaired) electrons. The van der Waals surface area contributed by atoms with Crippen molar-refractivity contribution in [3.05, 3.63) is 208 Å². The van der Waals surface area contributed by atoms with E-state index in [9.17, 15) is 0 Å². The minimum atomic E-state index is 0.0788. The lowest BCUT2D eigenvalue weighted by molar-refractivity contribution is 0.550. The molecule has 0 unspecified atom stereocenters. The van der Waals surface area contributed by atoms with E-state index in [-0.39, 0.29) is 5.41 Å². The minimum absolute atomic E-state index is 0.0788. The zero-order chi connectivity index (χ0) is 41.6. The first kappa shape index (κ1) is 38.5. The van der Waals surface area contributed by atoms with Gasteiger partial charge in [0.25, 0.3) is 0 Å². The summed E-state index contributed by atoms with van der Waals surface area (Å²) in [5.41, 5.74) is 24.7. The van der Waals surface area contributed by atoms with Crippen molar-refractivity contribution < 1.29 is 0 Å². The first-order chi connectivity index (χ1) is 30.6. The lowest BCUT2D eigenvalue weighted by atomic mass is 9.76. The molecule has 2 aliphatic carbocycles. The minimum Gasteiger partial charge on any atom is -0.314 e. The van der Waals surface area contributed by atoms with E-state index in [4.69, 9.17) is 0 Å². The van der Waals surface area contributed by atoms with Gasteiger partial charge in [0.05, 0.1) is 0 Å². The zero-order valence-corrected chi connectivity index (χ0v) is 36.3. The summed E-state index contributed by atoms with van der Waals surface area (Å²) in [6.07, 6.45) is 17.5. The molecule has 2 aliphatic heterocycles. The van der Waals surface area contributed by atoms with Crippen molar-refractivity contribution >= 4 is 40.6 Å². The number of aryl methyl sites for hydroxylation is 3. The maximum absolute atomic E-state index is 2.64. The molecule has 4 aliphatic rings. The number of anilines is 5. The van der Waals surface area contributed by atoms with Gasteiger partial charge in [-0.2, -0.15) is 0 Å². The lowest BCUT2D eigenvalue weighted by Gasteiger charge is -2.32. The Morgan fingerprint density at radius 3 is 1.63 bits per heavy atom. The monoisotopic (exact) mass is 804 g/mol. The number of rotatable bonds is 8. The summed E-state index contributed by atoms with van der Waals surface area (Å²) in [4.78, 5) is 5.08. The fourth-order valence-electron chi connectivity index (χ4n) is 11.3. The first-order valence-corrected chi connectivity index (χ1v) is 23.3.